The van der Waals surface area contributed by atoms with Gasteiger partial charge in [0.1, 0.15) is 0 Å². The first kappa shape index (κ1) is 14.8. The van der Waals surface area contributed by atoms with E-state index >= 15 is 0 Å². The van der Waals surface area contributed by atoms with Gasteiger partial charge in [-0.05, 0) is 49.4 Å². The Morgan fingerprint density at radius 3 is 2.42 bits per heavy atom. The lowest BCUT2D eigenvalue weighted by Crippen LogP contribution is -2.49. The molecule has 1 aromatic rings. The molecule has 2 rings (SSSR count). The maximum Gasteiger partial charge on any atom is 0.173 e. The quantitative estimate of drug-likeness (QED) is 0.850. The Hall–Kier alpha value is -0.650. The number of thiocarbonyl (C=S) groups is 1. The van der Waals surface area contributed by atoms with Crippen LogP contribution in [-0.4, -0.2) is 47.6 Å². The highest BCUT2D eigenvalue weighted by Gasteiger charge is 2.18. The van der Waals surface area contributed by atoms with E-state index < -0.39 is 0 Å². The molecule has 0 atom stereocenters. The Morgan fingerprint density at radius 2 is 1.84 bits per heavy atom. The summed E-state index contributed by atoms with van der Waals surface area (Å²) in [5.41, 5.74) is 1.05. The van der Waals surface area contributed by atoms with Crippen molar-refractivity contribution in [3.8, 4) is 0 Å². The van der Waals surface area contributed by atoms with E-state index in [-0.39, 0.29) is 0 Å². The molecule has 0 aliphatic carbocycles. The fraction of sp³-hybridized carbons (Fsp3) is 0.500. The lowest BCUT2D eigenvalue weighted by atomic mass is 10.3. The molecule has 1 aromatic carbocycles. The summed E-state index contributed by atoms with van der Waals surface area (Å²) >= 11 is 8.91. The zero-order chi connectivity index (χ0) is 13.7. The van der Waals surface area contributed by atoms with Crippen molar-refractivity contribution in [2.45, 2.75) is 13.3 Å². The van der Waals surface area contributed by atoms with Crippen molar-refractivity contribution < 1.29 is 0 Å². The molecular formula is C14H20BrN3S. The fourth-order valence-corrected chi connectivity index (χ4v) is 2.79. The van der Waals surface area contributed by atoms with Crippen LogP contribution in [0.5, 0.6) is 0 Å². The largest absolute Gasteiger partial charge is 0.346 e. The molecule has 0 aromatic heterocycles. The fourth-order valence-electron chi connectivity index (χ4n) is 2.23. The van der Waals surface area contributed by atoms with Crippen molar-refractivity contribution in [2.24, 2.45) is 0 Å². The van der Waals surface area contributed by atoms with Crippen molar-refractivity contribution >= 4 is 38.9 Å². The number of hydrogen-bond donors (Lipinski definition) is 1. The van der Waals surface area contributed by atoms with E-state index in [1.807, 2.05) is 24.3 Å². The molecule has 5 heteroatoms. The van der Waals surface area contributed by atoms with Crippen LogP contribution in [0.2, 0.25) is 0 Å². The van der Waals surface area contributed by atoms with Crippen LogP contribution in [0.3, 0.4) is 0 Å². The maximum atomic E-state index is 5.48. The molecule has 1 fully saturated rings. The number of nitrogens with one attached hydrogen (secondary N) is 1. The van der Waals surface area contributed by atoms with E-state index in [1.54, 1.807) is 0 Å². The summed E-state index contributed by atoms with van der Waals surface area (Å²) in [6.45, 7) is 7.67. The van der Waals surface area contributed by atoms with Gasteiger partial charge >= 0.3 is 0 Å². The Labute approximate surface area is 129 Å². The summed E-state index contributed by atoms with van der Waals surface area (Å²) in [6.07, 6.45) is 1.22. The SMILES string of the molecule is CCCN1CCN(C(=S)Nc2ccc(Br)cc2)CC1. The Kier molecular flexibility index (Phi) is 5.60. The third-order valence-electron chi connectivity index (χ3n) is 3.29. The summed E-state index contributed by atoms with van der Waals surface area (Å²) in [7, 11) is 0. The lowest BCUT2D eigenvalue weighted by molar-refractivity contribution is 0.184. The van der Waals surface area contributed by atoms with Crippen molar-refractivity contribution in [1.29, 1.82) is 0 Å². The van der Waals surface area contributed by atoms with Gasteiger partial charge in [-0.15, -0.1) is 0 Å². The molecular weight excluding hydrogens is 322 g/mol. The molecule has 0 bridgehead atoms. The highest BCUT2D eigenvalue weighted by Crippen LogP contribution is 2.15. The van der Waals surface area contributed by atoms with Gasteiger partial charge in [-0.1, -0.05) is 22.9 Å². The van der Waals surface area contributed by atoms with Crippen LogP contribution < -0.4 is 5.32 Å². The number of anilines is 1. The second-order valence-corrected chi connectivity index (χ2v) is 6.07. The molecule has 0 unspecified atom stereocenters. The van der Waals surface area contributed by atoms with Gasteiger partial charge in [0.15, 0.2) is 5.11 Å². The first-order chi connectivity index (χ1) is 9.19. The van der Waals surface area contributed by atoms with E-state index in [4.69, 9.17) is 12.2 Å². The molecule has 0 saturated carbocycles. The molecule has 3 nitrogen and oxygen atoms in total. The average Bonchev–Trinajstić information content (AvgIpc) is 2.42. The topological polar surface area (TPSA) is 18.5 Å². The van der Waals surface area contributed by atoms with Crippen LogP contribution in [0.15, 0.2) is 28.7 Å². The molecule has 1 heterocycles. The van der Waals surface area contributed by atoms with Crippen LogP contribution in [0.4, 0.5) is 5.69 Å². The zero-order valence-corrected chi connectivity index (χ0v) is 13.6. The van der Waals surface area contributed by atoms with Gasteiger partial charge in [-0.2, -0.15) is 0 Å². The number of rotatable bonds is 3. The number of piperazine rings is 1. The molecule has 1 aliphatic rings. The normalized spacial score (nSPS) is 16.4. The van der Waals surface area contributed by atoms with Crippen LogP contribution in [-0.2, 0) is 0 Å². The predicted octanol–water partition coefficient (Wildman–Crippen LogP) is 3.17. The van der Waals surface area contributed by atoms with Gasteiger partial charge in [-0.3, -0.25) is 4.90 Å². The third kappa shape index (κ3) is 4.44. The van der Waals surface area contributed by atoms with Crippen LogP contribution in [0.25, 0.3) is 0 Å². The van der Waals surface area contributed by atoms with Crippen LogP contribution in [0, 0.1) is 0 Å². The summed E-state index contributed by atoms with van der Waals surface area (Å²) < 4.78 is 1.08. The van der Waals surface area contributed by atoms with Crippen LogP contribution >= 0.6 is 28.1 Å². The highest BCUT2D eigenvalue weighted by atomic mass is 79.9. The summed E-state index contributed by atoms with van der Waals surface area (Å²) in [4.78, 5) is 4.75. The standard InChI is InChI=1S/C14H20BrN3S/c1-2-7-17-8-10-18(11-9-17)14(19)16-13-5-3-12(15)4-6-13/h3-6H,2,7-11H2,1H3,(H,16,19). The van der Waals surface area contributed by atoms with Gasteiger partial charge in [0.25, 0.3) is 0 Å². The minimum atomic E-state index is 0.832. The second kappa shape index (κ2) is 7.22. The molecule has 1 saturated heterocycles. The van der Waals surface area contributed by atoms with E-state index in [9.17, 15) is 0 Å². The van der Waals surface area contributed by atoms with E-state index in [2.05, 4.69) is 38.0 Å². The monoisotopic (exact) mass is 341 g/mol. The van der Waals surface area contributed by atoms with Gasteiger partial charge in [0.05, 0.1) is 0 Å². The lowest BCUT2D eigenvalue weighted by Gasteiger charge is -2.36. The minimum absolute atomic E-state index is 0.832. The molecule has 104 valence electrons. The van der Waals surface area contributed by atoms with Crippen molar-refractivity contribution in [3.05, 3.63) is 28.7 Å². The van der Waals surface area contributed by atoms with Gasteiger partial charge in [-0.25, -0.2) is 0 Å². The Bertz CT molecular complexity index is 413. The van der Waals surface area contributed by atoms with Crippen molar-refractivity contribution in [2.75, 3.05) is 38.0 Å². The number of benzene rings is 1. The van der Waals surface area contributed by atoms with Crippen molar-refractivity contribution in [3.63, 3.8) is 0 Å². The minimum Gasteiger partial charge on any atom is -0.346 e. The third-order valence-corrected chi connectivity index (χ3v) is 4.18. The molecule has 19 heavy (non-hydrogen) atoms. The summed E-state index contributed by atoms with van der Waals surface area (Å²) in [5.74, 6) is 0. The first-order valence-electron chi connectivity index (χ1n) is 6.73. The number of hydrogen-bond acceptors (Lipinski definition) is 2. The molecule has 0 amide bonds. The van der Waals surface area contributed by atoms with E-state index in [1.165, 1.54) is 13.0 Å². The summed E-state index contributed by atoms with van der Waals surface area (Å²) in [6, 6.07) is 8.10. The first-order valence-corrected chi connectivity index (χ1v) is 7.93. The number of nitrogens with zero attached hydrogens (tertiary/aromatic N) is 2. The highest BCUT2D eigenvalue weighted by molar-refractivity contribution is 9.10. The molecule has 0 radical (unpaired) electrons. The van der Waals surface area contributed by atoms with E-state index in [0.29, 0.717) is 0 Å². The summed E-state index contributed by atoms with van der Waals surface area (Å²) in [5, 5.41) is 4.14. The average molecular weight is 342 g/mol. The predicted molar refractivity (Wildman–Crippen MR) is 88.7 cm³/mol. The van der Waals surface area contributed by atoms with Crippen molar-refractivity contribution in [1.82, 2.24) is 9.80 Å². The maximum absolute atomic E-state index is 5.48. The Balaban J connectivity index is 1.83. The zero-order valence-electron chi connectivity index (χ0n) is 11.2. The number of halogens is 1. The molecule has 0 spiro atoms. The van der Waals surface area contributed by atoms with Crippen LogP contribution in [0.1, 0.15) is 13.3 Å². The Morgan fingerprint density at radius 1 is 1.21 bits per heavy atom. The molecule has 1 N–H and O–H groups in total. The molecule has 1 aliphatic heterocycles. The van der Waals surface area contributed by atoms with Gasteiger partial charge < -0.3 is 10.2 Å². The van der Waals surface area contributed by atoms with E-state index in [0.717, 1.165) is 41.5 Å². The second-order valence-electron chi connectivity index (χ2n) is 4.77. The van der Waals surface area contributed by atoms with Gasteiger partial charge in [0, 0.05) is 36.3 Å². The smallest absolute Gasteiger partial charge is 0.173 e. The van der Waals surface area contributed by atoms with Gasteiger partial charge in [0.2, 0.25) is 0 Å².